The summed E-state index contributed by atoms with van der Waals surface area (Å²) in [7, 11) is 1.27. The van der Waals surface area contributed by atoms with E-state index in [0.717, 1.165) is 17.1 Å². The first-order valence-electron chi connectivity index (χ1n) is 8.22. The number of rotatable bonds is 4. The molecular formula is C20H18ClN3O3. The zero-order chi connectivity index (χ0) is 19.6. The molecule has 1 aromatic heterocycles. The van der Waals surface area contributed by atoms with Crippen molar-refractivity contribution in [1.29, 1.82) is 0 Å². The van der Waals surface area contributed by atoms with Crippen molar-refractivity contribution >= 4 is 29.2 Å². The van der Waals surface area contributed by atoms with Gasteiger partial charge in [0.2, 0.25) is 0 Å². The smallest absolute Gasteiger partial charge is 0.339 e. The molecular weight excluding hydrogens is 366 g/mol. The molecule has 6 nitrogen and oxygen atoms in total. The highest BCUT2D eigenvalue weighted by molar-refractivity contribution is 6.33. The van der Waals surface area contributed by atoms with Gasteiger partial charge >= 0.3 is 5.97 Å². The van der Waals surface area contributed by atoms with Gasteiger partial charge in [0.1, 0.15) is 0 Å². The van der Waals surface area contributed by atoms with Crippen LogP contribution in [0.4, 0.5) is 5.69 Å². The Balaban J connectivity index is 1.79. The number of methoxy groups -OCH3 is 1. The largest absolute Gasteiger partial charge is 0.465 e. The zero-order valence-corrected chi connectivity index (χ0v) is 15.9. The van der Waals surface area contributed by atoms with Crippen molar-refractivity contribution in [2.75, 3.05) is 12.4 Å². The number of aromatic nitrogens is 2. The number of anilines is 1. The van der Waals surface area contributed by atoms with Crippen LogP contribution in [0.3, 0.4) is 0 Å². The number of carbonyl (C=O) groups is 2. The molecule has 2 aromatic carbocycles. The number of nitrogens with one attached hydrogen (secondary N) is 1. The van der Waals surface area contributed by atoms with Crippen LogP contribution in [0.1, 0.15) is 32.1 Å². The van der Waals surface area contributed by atoms with E-state index in [0.29, 0.717) is 11.3 Å². The molecule has 3 rings (SSSR count). The molecule has 0 saturated heterocycles. The second-order valence-corrected chi connectivity index (χ2v) is 6.43. The van der Waals surface area contributed by atoms with E-state index in [1.54, 1.807) is 18.2 Å². The molecule has 0 bridgehead atoms. The van der Waals surface area contributed by atoms with Crippen molar-refractivity contribution in [3.05, 3.63) is 76.1 Å². The maximum absolute atomic E-state index is 12.5. The first kappa shape index (κ1) is 18.7. The van der Waals surface area contributed by atoms with Crippen LogP contribution < -0.4 is 5.32 Å². The average molecular weight is 384 g/mol. The summed E-state index contributed by atoms with van der Waals surface area (Å²) in [5.41, 5.74) is 3.94. The van der Waals surface area contributed by atoms with Crippen LogP contribution >= 0.6 is 11.6 Å². The second kappa shape index (κ2) is 7.63. The van der Waals surface area contributed by atoms with Gasteiger partial charge < -0.3 is 10.1 Å². The lowest BCUT2D eigenvalue weighted by Crippen LogP contribution is -2.13. The van der Waals surface area contributed by atoms with E-state index in [2.05, 4.69) is 15.2 Å². The molecule has 1 N–H and O–H groups in total. The van der Waals surface area contributed by atoms with Crippen LogP contribution in [0.5, 0.6) is 0 Å². The fraction of sp³-hybridized carbons (Fsp3) is 0.150. The number of hydrogen-bond acceptors (Lipinski definition) is 4. The van der Waals surface area contributed by atoms with Crippen LogP contribution in [-0.4, -0.2) is 28.8 Å². The minimum atomic E-state index is -0.565. The number of nitrogens with zero attached hydrogens (tertiary/aromatic N) is 2. The lowest BCUT2D eigenvalue weighted by atomic mass is 10.1. The molecule has 0 aliphatic heterocycles. The van der Waals surface area contributed by atoms with Crippen molar-refractivity contribution in [3.63, 3.8) is 0 Å². The average Bonchev–Trinajstić information content (AvgIpc) is 3.00. The number of benzene rings is 2. The molecule has 0 unspecified atom stereocenters. The summed E-state index contributed by atoms with van der Waals surface area (Å²) in [5, 5.41) is 7.44. The molecule has 7 heteroatoms. The number of amides is 1. The number of carbonyl (C=O) groups excluding carboxylic acids is 2. The third-order valence-electron chi connectivity index (χ3n) is 4.01. The molecule has 0 radical (unpaired) electrons. The van der Waals surface area contributed by atoms with Crippen molar-refractivity contribution in [2.45, 2.75) is 13.8 Å². The van der Waals surface area contributed by atoms with Crippen LogP contribution in [0.15, 0.2) is 48.5 Å². The number of halogens is 1. The Hall–Kier alpha value is -3.12. The molecule has 1 amide bonds. The second-order valence-electron chi connectivity index (χ2n) is 6.03. The Kier molecular flexibility index (Phi) is 5.28. The third-order valence-corrected chi connectivity index (χ3v) is 4.34. The summed E-state index contributed by atoms with van der Waals surface area (Å²) in [4.78, 5) is 24.2. The summed E-state index contributed by atoms with van der Waals surface area (Å²) in [6.07, 6.45) is 0. The van der Waals surface area contributed by atoms with Gasteiger partial charge in [0.15, 0.2) is 0 Å². The Bertz CT molecular complexity index is 1010. The van der Waals surface area contributed by atoms with Gasteiger partial charge in [-0.3, -0.25) is 4.79 Å². The molecule has 1 heterocycles. The van der Waals surface area contributed by atoms with Gasteiger partial charge in [-0.2, -0.15) is 5.10 Å². The Morgan fingerprint density at radius 2 is 1.78 bits per heavy atom. The molecule has 27 heavy (non-hydrogen) atoms. The van der Waals surface area contributed by atoms with E-state index in [1.165, 1.54) is 19.2 Å². The lowest BCUT2D eigenvalue weighted by Gasteiger charge is -2.09. The first-order chi connectivity index (χ1) is 12.9. The normalized spacial score (nSPS) is 10.5. The zero-order valence-electron chi connectivity index (χ0n) is 15.1. The fourth-order valence-electron chi connectivity index (χ4n) is 2.72. The number of ether oxygens (including phenoxy) is 1. The predicted molar refractivity (Wildman–Crippen MR) is 104 cm³/mol. The highest BCUT2D eigenvalue weighted by Crippen LogP contribution is 2.22. The van der Waals surface area contributed by atoms with Crippen LogP contribution in [0, 0.1) is 13.8 Å². The van der Waals surface area contributed by atoms with E-state index >= 15 is 0 Å². The topological polar surface area (TPSA) is 73.2 Å². The molecule has 0 saturated carbocycles. The predicted octanol–water partition coefficient (Wildman–Crippen LogP) is 4.18. The SMILES string of the molecule is COC(=O)c1cc(NC(=O)c2ccc(-n3nc(C)cc3C)cc2)ccc1Cl. The van der Waals surface area contributed by atoms with Crippen molar-refractivity contribution in [2.24, 2.45) is 0 Å². The van der Waals surface area contributed by atoms with Crippen LogP contribution in [0.25, 0.3) is 5.69 Å². The minimum absolute atomic E-state index is 0.192. The quantitative estimate of drug-likeness (QED) is 0.686. The molecule has 0 spiro atoms. The molecule has 138 valence electrons. The monoisotopic (exact) mass is 383 g/mol. The molecule has 0 atom stereocenters. The Morgan fingerprint density at radius 1 is 1.07 bits per heavy atom. The summed E-state index contributed by atoms with van der Waals surface area (Å²) >= 11 is 5.99. The van der Waals surface area contributed by atoms with Gasteiger partial charge in [-0.1, -0.05) is 11.6 Å². The molecule has 0 fully saturated rings. The van der Waals surface area contributed by atoms with Crippen LogP contribution in [0.2, 0.25) is 5.02 Å². The first-order valence-corrected chi connectivity index (χ1v) is 8.60. The maximum atomic E-state index is 12.5. The fourth-order valence-corrected chi connectivity index (χ4v) is 2.91. The highest BCUT2D eigenvalue weighted by Gasteiger charge is 2.13. The van der Waals surface area contributed by atoms with Crippen LogP contribution in [-0.2, 0) is 4.74 Å². The minimum Gasteiger partial charge on any atom is -0.465 e. The van der Waals surface area contributed by atoms with E-state index in [4.69, 9.17) is 11.6 Å². The Morgan fingerprint density at radius 3 is 2.37 bits per heavy atom. The van der Waals surface area contributed by atoms with E-state index < -0.39 is 5.97 Å². The van der Waals surface area contributed by atoms with Gasteiger partial charge in [-0.25, -0.2) is 9.48 Å². The summed E-state index contributed by atoms with van der Waals surface area (Å²) in [5.74, 6) is -0.863. The lowest BCUT2D eigenvalue weighted by molar-refractivity contribution is 0.0600. The van der Waals surface area contributed by atoms with Crippen molar-refractivity contribution in [1.82, 2.24) is 9.78 Å². The number of aryl methyl sites for hydroxylation is 2. The van der Waals surface area contributed by atoms with Gasteiger partial charge in [-0.15, -0.1) is 0 Å². The van der Waals surface area contributed by atoms with Crippen molar-refractivity contribution < 1.29 is 14.3 Å². The summed E-state index contributed by atoms with van der Waals surface area (Å²) in [6.45, 7) is 3.90. The number of hydrogen-bond donors (Lipinski definition) is 1. The standard InChI is InChI=1S/C20H18ClN3O3/c1-12-10-13(2)24(23-12)16-7-4-14(5-8-16)19(25)22-15-6-9-18(21)17(11-15)20(26)27-3/h4-11H,1-3H3,(H,22,25). The van der Waals surface area contributed by atoms with E-state index in [1.807, 2.05) is 36.7 Å². The third kappa shape index (κ3) is 4.01. The van der Waals surface area contributed by atoms with Gasteiger partial charge in [0.25, 0.3) is 5.91 Å². The van der Waals surface area contributed by atoms with Gasteiger partial charge in [-0.05, 0) is 62.4 Å². The number of esters is 1. The van der Waals surface area contributed by atoms with Gasteiger partial charge in [0.05, 0.1) is 29.1 Å². The van der Waals surface area contributed by atoms with Crippen molar-refractivity contribution in [3.8, 4) is 5.69 Å². The Labute approximate surface area is 161 Å². The molecule has 0 aliphatic rings. The summed E-state index contributed by atoms with van der Waals surface area (Å²) < 4.78 is 6.50. The highest BCUT2D eigenvalue weighted by atomic mass is 35.5. The molecule has 0 aliphatic carbocycles. The van der Waals surface area contributed by atoms with Gasteiger partial charge in [0, 0.05) is 16.9 Å². The van der Waals surface area contributed by atoms with E-state index in [-0.39, 0.29) is 16.5 Å². The van der Waals surface area contributed by atoms with E-state index in [9.17, 15) is 9.59 Å². The molecule has 3 aromatic rings. The maximum Gasteiger partial charge on any atom is 0.339 e. The summed E-state index contributed by atoms with van der Waals surface area (Å²) in [6, 6.07) is 13.7.